The van der Waals surface area contributed by atoms with Crippen molar-refractivity contribution in [2.45, 2.75) is 58.8 Å². The fourth-order valence-electron chi connectivity index (χ4n) is 4.22. The van der Waals surface area contributed by atoms with Crippen LogP contribution in [0, 0.1) is 13.8 Å². The number of alkyl halides is 5. The Morgan fingerprint density at radius 3 is 2.32 bits per heavy atom. The van der Waals surface area contributed by atoms with Gasteiger partial charge in [0.1, 0.15) is 18.6 Å². The first-order valence-corrected chi connectivity index (χ1v) is 13.4. The Labute approximate surface area is 253 Å². The maximum atomic E-state index is 13.9. The van der Waals surface area contributed by atoms with Gasteiger partial charge in [0.15, 0.2) is 0 Å². The normalized spacial score (nSPS) is 13.8. The van der Waals surface area contributed by atoms with E-state index in [4.69, 9.17) is 11.6 Å². The molecule has 1 aliphatic heterocycles. The van der Waals surface area contributed by atoms with E-state index in [-0.39, 0.29) is 33.3 Å². The number of nitrogens with zero attached hydrogens (tertiary/aromatic N) is 5. The van der Waals surface area contributed by atoms with E-state index >= 15 is 0 Å². The van der Waals surface area contributed by atoms with Gasteiger partial charge in [-0.1, -0.05) is 29.8 Å². The molecule has 2 heterocycles. The summed E-state index contributed by atoms with van der Waals surface area (Å²) in [6, 6.07) is 11.1. The van der Waals surface area contributed by atoms with Crippen LogP contribution in [-0.4, -0.2) is 56.5 Å². The number of carbonyl (C=O) groups excluding carboxylic acids is 2. The number of nitrogens with one attached hydrogen (secondary N) is 3. The summed E-state index contributed by atoms with van der Waals surface area (Å²) < 4.78 is 67.7. The number of aromatic nitrogens is 2. The summed E-state index contributed by atoms with van der Waals surface area (Å²) in [4.78, 5) is 30.0. The molecule has 2 aromatic carbocycles. The van der Waals surface area contributed by atoms with Gasteiger partial charge in [-0.25, -0.2) is 9.67 Å². The van der Waals surface area contributed by atoms with Crippen LogP contribution in [0.1, 0.15) is 58.4 Å². The van der Waals surface area contributed by atoms with E-state index < -0.39 is 41.8 Å². The van der Waals surface area contributed by atoms with E-state index in [1.165, 1.54) is 10.7 Å². The van der Waals surface area contributed by atoms with Gasteiger partial charge in [-0.2, -0.15) is 32.2 Å². The van der Waals surface area contributed by atoms with E-state index in [1.807, 2.05) is 33.1 Å². The molecule has 16 heteroatoms. The topological polar surface area (TPSA) is 116 Å². The van der Waals surface area contributed by atoms with Gasteiger partial charge in [0, 0.05) is 5.54 Å². The summed E-state index contributed by atoms with van der Waals surface area (Å²) in [7, 11) is 0. The monoisotopic (exact) mass is 638 g/mol. The van der Waals surface area contributed by atoms with Crippen LogP contribution in [0.3, 0.4) is 0 Å². The fraction of sp³-hybridized carbons (Fsp3) is 0.321. The average molecular weight is 639 g/mol. The lowest BCUT2D eigenvalue weighted by Crippen LogP contribution is -2.55. The third kappa shape index (κ3) is 6.98. The summed E-state index contributed by atoms with van der Waals surface area (Å²) in [5.41, 5.74) is 3.38. The molecule has 0 unspecified atom stereocenters. The van der Waals surface area contributed by atoms with Crippen molar-refractivity contribution in [1.82, 2.24) is 25.6 Å². The number of hydrazone groups is 1. The van der Waals surface area contributed by atoms with Crippen molar-refractivity contribution in [2.75, 3.05) is 5.32 Å². The SMILES string of the molecule is Cc1cc(C)c(NC(=O)c2cc(CN3N=CN=C(C(F)(F)C(F)(F)F)N3)nn2-c2ccccc2Cl)c(C(=O)NC(C)(C)C)c1. The first-order valence-electron chi connectivity index (χ1n) is 13.1. The maximum Gasteiger partial charge on any atom is 0.461 e. The van der Waals surface area contributed by atoms with Gasteiger partial charge < -0.3 is 10.6 Å². The van der Waals surface area contributed by atoms with Crippen LogP contribution in [0.4, 0.5) is 27.6 Å². The molecule has 3 aromatic rings. The third-order valence-corrected chi connectivity index (χ3v) is 6.42. The Balaban J connectivity index is 1.70. The van der Waals surface area contributed by atoms with Crippen LogP contribution in [0.2, 0.25) is 5.02 Å². The molecule has 0 atom stereocenters. The molecule has 1 aliphatic rings. The number of hydrazine groups is 1. The molecule has 2 amide bonds. The smallest absolute Gasteiger partial charge is 0.347 e. The second-order valence-electron chi connectivity index (χ2n) is 11.0. The number of benzene rings is 2. The van der Waals surface area contributed by atoms with Crippen molar-refractivity contribution < 1.29 is 31.5 Å². The van der Waals surface area contributed by atoms with E-state index in [0.717, 1.165) is 5.56 Å². The molecule has 0 radical (unpaired) electrons. The van der Waals surface area contributed by atoms with Crippen LogP contribution >= 0.6 is 11.6 Å². The molecule has 0 aliphatic carbocycles. The van der Waals surface area contributed by atoms with Crippen molar-refractivity contribution in [3.05, 3.63) is 75.6 Å². The number of amidine groups is 1. The molecule has 3 N–H and O–H groups in total. The van der Waals surface area contributed by atoms with Crippen LogP contribution in [0.15, 0.2) is 52.6 Å². The van der Waals surface area contributed by atoms with Crippen molar-refractivity contribution in [3.8, 4) is 5.69 Å². The number of rotatable bonds is 7. The highest BCUT2D eigenvalue weighted by atomic mass is 35.5. The molecule has 0 saturated heterocycles. The minimum absolute atomic E-state index is 0.0441. The lowest BCUT2D eigenvalue weighted by atomic mass is 10.0. The zero-order valence-electron chi connectivity index (χ0n) is 24.1. The molecule has 0 fully saturated rings. The van der Waals surface area contributed by atoms with Gasteiger partial charge in [-0.05, 0) is 70.0 Å². The van der Waals surface area contributed by atoms with Crippen LogP contribution in [0.25, 0.3) is 5.69 Å². The first kappa shape index (κ1) is 32.4. The number of hydrogen-bond donors (Lipinski definition) is 3. The minimum Gasteiger partial charge on any atom is -0.347 e. The molecule has 10 nitrogen and oxygen atoms in total. The Morgan fingerprint density at radius 1 is 1.00 bits per heavy atom. The summed E-state index contributed by atoms with van der Waals surface area (Å²) in [5, 5.41) is 14.6. The first-order chi connectivity index (χ1) is 20.4. The number of hydrogen-bond acceptors (Lipinski definition) is 7. The number of aliphatic imine (C=N–C) groups is 1. The zero-order valence-corrected chi connectivity index (χ0v) is 24.9. The highest BCUT2D eigenvalue weighted by Gasteiger charge is 2.62. The molecule has 0 saturated carbocycles. The number of halogens is 6. The van der Waals surface area contributed by atoms with E-state index in [9.17, 15) is 31.5 Å². The Bertz CT molecular complexity index is 1660. The Kier molecular flexibility index (Phi) is 8.73. The van der Waals surface area contributed by atoms with Gasteiger partial charge >= 0.3 is 12.1 Å². The van der Waals surface area contributed by atoms with Crippen LogP contribution in [0.5, 0.6) is 0 Å². The molecule has 234 valence electrons. The van der Waals surface area contributed by atoms with E-state index in [0.29, 0.717) is 17.0 Å². The van der Waals surface area contributed by atoms with Crippen LogP contribution < -0.4 is 16.1 Å². The van der Waals surface area contributed by atoms with Gasteiger partial charge in [0.05, 0.1) is 27.7 Å². The standard InChI is InChI=1S/C28H28ClF5N8O2/c1-15-10-16(2)22(18(11-15)23(43)38-26(3,4)5)37-24(44)21-12-17(39-42(21)20-9-7-6-8-19(20)29)13-41-36-14-35-25(40-41)27(30,31)28(32,33)34/h6-12,14H,13H2,1-5H3,(H,37,44)(H,38,43)(H,35,36,40). The number of anilines is 1. The summed E-state index contributed by atoms with van der Waals surface area (Å²) in [6.07, 6.45) is -5.36. The Morgan fingerprint density at radius 2 is 1.68 bits per heavy atom. The second kappa shape index (κ2) is 11.9. The lowest BCUT2D eigenvalue weighted by Gasteiger charge is -2.28. The highest BCUT2D eigenvalue weighted by Crippen LogP contribution is 2.36. The van der Waals surface area contributed by atoms with E-state index in [1.54, 1.807) is 43.3 Å². The highest BCUT2D eigenvalue weighted by molar-refractivity contribution is 6.32. The second-order valence-corrected chi connectivity index (χ2v) is 11.4. The number of aryl methyl sites for hydroxylation is 2. The largest absolute Gasteiger partial charge is 0.461 e. The van der Waals surface area contributed by atoms with Crippen molar-refractivity contribution >= 4 is 41.3 Å². The van der Waals surface area contributed by atoms with Crippen LogP contribution in [-0.2, 0) is 6.54 Å². The lowest BCUT2D eigenvalue weighted by molar-refractivity contribution is -0.251. The molecule has 44 heavy (non-hydrogen) atoms. The molecular weight excluding hydrogens is 611 g/mol. The quantitative estimate of drug-likeness (QED) is 0.284. The predicted molar refractivity (Wildman–Crippen MR) is 155 cm³/mol. The van der Waals surface area contributed by atoms with Crippen molar-refractivity contribution in [1.29, 1.82) is 0 Å². The molecule has 4 rings (SSSR count). The third-order valence-electron chi connectivity index (χ3n) is 6.10. The number of amides is 2. The number of para-hydroxylation sites is 1. The summed E-state index contributed by atoms with van der Waals surface area (Å²) >= 11 is 6.38. The molecular formula is C28H28ClF5N8O2. The number of carbonyl (C=O) groups is 2. The summed E-state index contributed by atoms with van der Waals surface area (Å²) in [5.74, 6) is -8.08. The van der Waals surface area contributed by atoms with Gasteiger partial charge in [0.25, 0.3) is 11.8 Å². The molecule has 1 aromatic heterocycles. The zero-order chi connectivity index (χ0) is 32.6. The molecule has 0 spiro atoms. The van der Waals surface area contributed by atoms with Crippen molar-refractivity contribution in [2.24, 2.45) is 10.1 Å². The maximum absolute atomic E-state index is 13.9. The summed E-state index contributed by atoms with van der Waals surface area (Å²) in [6.45, 7) is 8.53. The Hall–Kier alpha value is -4.53. The van der Waals surface area contributed by atoms with Gasteiger partial charge in [0.2, 0.25) is 5.84 Å². The average Bonchev–Trinajstić information content (AvgIpc) is 3.32. The van der Waals surface area contributed by atoms with E-state index in [2.05, 4.69) is 25.8 Å². The predicted octanol–water partition coefficient (Wildman–Crippen LogP) is 5.78. The fourth-order valence-corrected chi connectivity index (χ4v) is 4.44. The minimum atomic E-state index is -5.90. The van der Waals surface area contributed by atoms with Gasteiger partial charge in [-0.15, -0.1) is 5.10 Å². The van der Waals surface area contributed by atoms with Crippen molar-refractivity contribution in [3.63, 3.8) is 0 Å². The van der Waals surface area contributed by atoms with Gasteiger partial charge in [-0.3, -0.25) is 15.0 Å². The molecule has 0 bridgehead atoms.